The molecular formula is C12H23NO2. The van der Waals surface area contributed by atoms with Crippen LogP contribution in [-0.4, -0.2) is 26.4 Å². The molecule has 0 atom stereocenters. The second kappa shape index (κ2) is 7.71. The van der Waals surface area contributed by atoms with E-state index in [4.69, 9.17) is 15.2 Å². The minimum Gasteiger partial charge on any atom is -0.499 e. The fraction of sp³-hybridized carbons (Fsp3) is 0.833. The Morgan fingerprint density at radius 2 is 1.80 bits per heavy atom. The van der Waals surface area contributed by atoms with Crippen LogP contribution in [0.3, 0.4) is 0 Å². The molecular weight excluding hydrogens is 190 g/mol. The monoisotopic (exact) mass is 213 g/mol. The smallest absolute Gasteiger partial charge is 0.111 e. The normalized spacial score (nSPS) is 26.2. The third kappa shape index (κ3) is 5.19. The summed E-state index contributed by atoms with van der Waals surface area (Å²) in [4.78, 5) is 0. The lowest BCUT2D eigenvalue weighted by atomic mass is 9.82. The molecule has 0 amide bonds. The van der Waals surface area contributed by atoms with Crippen molar-refractivity contribution in [1.29, 1.82) is 0 Å². The maximum absolute atomic E-state index is 5.65. The van der Waals surface area contributed by atoms with Gasteiger partial charge in [-0.05, 0) is 44.1 Å². The average Bonchev–Trinajstić information content (AvgIpc) is 2.30. The molecule has 1 rings (SSSR count). The van der Waals surface area contributed by atoms with Crippen molar-refractivity contribution in [3.8, 4) is 0 Å². The summed E-state index contributed by atoms with van der Waals surface area (Å²) < 4.78 is 10.5. The molecule has 1 aliphatic rings. The first kappa shape index (κ1) is 12.5. The summed E-state index contributed by atoms with van der Waals surface area (Å²) in [5.41, 5.74) is 5.65. The summed E-state index contributed by atoms with van der Waals surface area (Å²) in [7, 11) is 0. The van der Waals surface area contributed by atoms with Crippen LogP contribution in [0, 0.1) is 11.8 Å². The second-order valence-corrected chi connectivity index (χ2v) is 4.23. The molecule has 88 valence electrons. The molecule has 0 aromatic heterocycles. The van der Waals surface area contributed by atoms with Gasteiger partial charge in [-0.1, -0.05) is 6.58 Å². The van der Waals surface area contributed by atoms with Gasteiger partial charge in [0.15, 0.2) is 0 Å². The van der Waals surface area contributed by atoms with Gasteiger partial charge in [0.2, 0.25) is 0 Å². The molecule has 2 N–H and O–H groups in total. The van der Waals surface area contributed by atoms with E-state index in [2.05, 4.69) is 6.58 Å². The maximum atomic E-state index is 5.65. The van der Waals surface area contributed by atoms with Crippen LogP contribution < -0.4 is 5.73 Å². The highest BCUT2D eigenvalue weighted by molar-refractivity contribution is 4.72. The summed E-state index contributed by atoms with van der Waals surface area (Å²) in [6, 6.07) is 0. The summed E-state index contributed by atoms with van der Waals surface area (Å²) >= 11 is 0. The molecule has 0 spiro atoms. The number of hydrogen-bond acceptors (Lipinski definition) is 3. The van der Waals surface area contributed by atoms with Crippen LogP contribution in [0.5, 0.6) is 0 Å². The molecule has 0 heterocycles. The maximum Gasteiger partial charge on any atom is 0.111 e. The molecule has 0 saturated heterocycles. The van der Waals surface area contributed by atoms with Crippen molar-refractivity contribution in [3.05, 3.63) is 12.8 Å². The Bertz CT molecular complexity index is 165. The predicted octanol–water partition coefficient (Wildman–Crippen LogP) is 1.93. The summed E-state index contributed by atoms with van der Waals surface area (Å²) in [5, 5.41) is 0. The van der Waals surface area contributed by atoms with E-state index in [0.717, 1.165) is 25.0 Å². The molecule has 3 nitrogen and oxygen atoms in total. The molecule has 15 heavy (non-hydrogen) atoms. The van der Waals surface area contributed by atoms with Crippen LogP contribution in [0.4, 0.5) is 0 Å². The van der Waals surface area contributed by atoms with Crippen molar-refractivity contribution in [1.82, 2.24) is 0 Å². The predicted molar refractivity (Wildman–Crippen MR) is 61.5 cm³/mol. The fourth-order valence-corrected chi connectivity index (χ4v) is 2.07. The van der Waals surface area contributed by atoms with Crippen LogP contribution >= 0.6 is 0 Å². The van der Waals surface area contributed by atoms with Crippen LogP contribution in [-0.2, 0) is 9.47 Å². The van der Waals surface area contributed by atoms with E-state index < -0.39 is 0 Å². The third-order valence-electron chi connectivity index (χ3n) is 3.12. The van der Waals surface area contributed by atoms with E-state index in [1.165, 1.54) is 31.9 Å². The Kier molecular flexibility index (Phi) is 6.44. The molecule has 0 aliphatic heterocycles. The summed E-state index contributed by atoms with van der Waals surface area (Å²) in [5.74, 6) is 1.49. The van der Waals surface area contributed by atoms with Gasteiger partial charge in [0.05, 0.1) is 12.9 Å². The van der Waals surface area contributed by atoms with Gasteiger partial charge in [0.1, 0.15) is 6.61 Å². The topological polar surface area (TPSA) is 44.5 Å². The van der Waals surface area contributed by atoms with Gasteiger partial charge in [-0.3, -0.25) is 0 Å². The highest BCUT2D eigenvalue weighted by Gasteiger charge is 2.19. The second-order valence-electron chi connectivity index (χ2n) is 4.23. The van der Waals surface area contributed by atoms with Crippen LogP contribution in [0.1, 0.15) is 25.7 Å². The molecule has 1 fully saturated rings. The Balaban J connectivity index is 1.96. The van der Waals surface area contributed by atoms with Gasteiger partial charge in [-0.25, -0.2) is 0 Å². The standard InChI is InChI=1S/C12H23NO2/c1-2-14-7-8-15-10-12-5-3-11(9-13)4-6-12/h2,11-12H,1,3-10,13H2. The van der Waals surface area contributed by atoms with Gasteiger partial charge < -0.3 is 15.2 Å². The largest absolute Gasteiger partial charge is 0.499 e. The molecule has 0 bridgehead atoms. The van der Waals surface area contributed by atoms with E-state index in [1.807, 2.05) is 0 Å². The first-order chi connectivity index (χ1) is 7.36. The van der Waals surface area contributed by atoms with Gasteiger partial charge in [-0.15, -0.1) is 0 Å². The first-order valence-corrected chi connectivity index (χ1v) is 5.87. The van der Waals surface area contributed by atoms with Crippen molar-refractivity contribution in [3.63, 3.8) is 0 Å². The van der Waals surface area contributed by atoms with E-state index in [9.17, 15) is 0 Å². The molecule has 0 radical (unpaired) electrons. The highest BCUT2D eigenvalue weighted by atomic mass is 16.5. The summed E-state index contributed by atoms with van der Waals surface area (Å²) in [6.45, 7) is 6.48. The van der Waals surface area contributed by atoms with Gasteiger partial charge in [0.25, 0.3) is 0 Å². The number of hydrogen-bond donors (Lipinski definition) is 1. The number of rotatable bonds is 7. The van der Waals surface area contributed by atoms with Gasteiger partial charge in [-0.2, -0.15) is 0 Å². The first-order valence-electron chi connectivity index (χ1n) is 5.87. The average molecular weight is 213 g/mol. The SMILES string of the molecule is C=COCCOCC1CCC(CN)CC1. The van der Waals surface area contributed by atoms with E-state index >= 15 is 0 Å². The Hall–Kier alpha value is -0.540. The van der Waals surface area contributed by atoms with Crippen molar-refractivity contribution >= 4 is 0 Å². The fourth-order valence-electron chi connectivity index (χ4n) is 2.07. The zero-order chi connectivity index (χ0) is 10.9. The lowest BCUT2D eigenvalue weighted by Crippen LogP contribution is -2.24. The molecule has 0 aromatic rings. The minimum absolute atomic E-state index is 0.613. The number of nitrogens with two attached hydrogens (primary N) is 1. The van der Waals surface area contributed by atoms with Crippen molar-refractivity contribution in [2.75, 3.05) is 26.4 Å². The van der Waals surface area contributed by atoms with Gasteiger partial charge >= 0.3 is 0 Å². The van der Waals surface area contributed by atoms with Crippen molar-refractivity contribution in [2.24, 2.45) is 17.6 Å². The van der Waals surface area contributed by atoms with E-state index in [1.54, 1.807) is 0 Å². The zero-order valence-corrected chi connectivity index (χ0v) is 9.49. The van der Waals surface area contributed by atoms with Crippen molar-refractivity contribution < 1.29 is 9.47 Å². The molecule has 0 aromatic carbocycles. The Morgan fingerprint density at radius 3 is 2.40 bits per heavy atom. The van der Waals surface area contributed by atoms with E-state index in [0.29, 0.717) is 13.2 Å². The van der Waals surface area contributed by atoms with Crippen LogP contribution in [0.25, 0.3) is 0 Å². The highest BCUT2D eigenvalue weighted by Crippen LogP contribution is 2.28. The molecule has 3 heteroatoms. The zero-order valence-electron chi connectivity index (χ0n) is 9.49. The lowest BCUT2D eigenvalue weighted by molar-refractivity contribution is 0.0494. The number of ether oxygens (including phenoxy) is 2. The third-order valence-corrected chi connectivity index (χ3v) is 3.12. The molecule has 1 aliphatic carbocycles. The minimum atomic E-state index is 0.613. The molecule has 0 unspecified atom stereocenters. The van der Waals surface area contributed by atoms with Gasteiger partial charge in [0, 0.05) is 6.61 Å². The van der Waals surface area contributed by atoms with Crippen LogP contribution in [0.2, 0.25) is 0 Å². The molecule has 1 saturated carbocycles. The van der Waals surface area contributed by atoms with Crippen molar-refractivity contribution in [2.45, 2.75) is 25.7 Å². The Labute approximate surface area is 92.6 Å². The Morgan fingerprint density at radius 1 is 1.13 bits per heavy atom. The lowest BCUT2D eigenvalue weighted by Gasteiger charge is -2.27. The van der Waals surface area contributed by atoms with Crippen LogP contribution in [0.15, 0.2) is 12.8 Å². The summed E-state index contributed by atoms with van der Waals surface area (Å²) in [6.07, 6.45) is 6.53. The van der Waals surface area contributed by atoms with E-state index in [-0.39, 0.29) is 0 Å². The quantitative estimate of drug-likeness (QED) is 0.519.